The molecule has 1 aromatic heterocycles. The van der Waals surface area contributed by atoms with E-state index < -0.39 is 0 Å². The first-order valence-corrected chi connectivity index (χ1v) is 7.07. The third-order valence-corrected chi connectivity index (χ3v) is 3.84. The number of pyridine rings is 1. The zero-order valence-corrected chi connectivity index (χ0v) is 11.4. The summed E-state index contributed by atoms with van der Waals surface area (Å²) in [5.41, 5.74) is 6.70. The van der Waals surface area contributed by atoms with E-state index in [-0.39, 0.29) is 6.04 Å². The van der Waals surface area contributed by atoms with E-state index >= 15 is 0 Å². The molecular formula is C15H24N2O. The van der Waals surface area contributed by atoms with Crippen molar-refractivity contribution in [1.82, 2.24) is 4.98 Å². The fourth-order valence-corrected chi connectivity index (χ4v) is 2.64. The molecule has 18 heavy (non-hydrogen) atoms. The molecule has 1 aliphatic carbocycles. The number of hydrogen-bond acceptors (Lipinski definition) is 3. The van der Waals surface area contributed by atoms with Gasteiger partial charge in [0.1, 0.15) is 5.75 Å². The minimum Gasteiger partial charge on any atom is -0.489 e. The van der Waals surface area contributed by atoms with Gasteiger partial charge < -0.3 is 10.5 Å². The zero-order chi connectivity index (χ0) is 13.0. The Hall–Kier alpha value is -1.09. The maximum absolute atomic E-state index is 6.02. The molecule has 0 amide bonds. The maximum atomic E-state index is 6.02. The van der Waals surface area contributed by atoms with Crippen LogP contribution in [0.15, 0.2) is 18.3 Å². The second-order valence-electron chi connectivity index (χ2n) is 5.39. The molecular weight excluding hydrogens is 224 g/mol. The first-order chi connectivity index (χ1) is 8.69. The topological polar surface area (TPSA) is 48.1 Å². The largest absolute Gasteiger partial charge is 0.489 e. The molecule has 2 unspecified atom stereocenters. The van der Waals surface area contributed by atoms with Crippen LogP contribution in [-0.4, -0.2) is 11.1 Å². The van der Waals surface area contributed by atoms with Crippen molar-refractivity contribution in [3.8, 4) is 5.75 Å². The smallest absolute Gasteiger partial charge is 0.138 e. The molecule has 0 aromatic carbocycles. The van der Waals surface area contributed by atoms with Crippen molar-refractivity contribution in [3.05, 3.63) is 24.0 Å². The summed E-state index contributed by atoms with van der Waals surface area (Å²) in [6.07, 6.45) is 8.44. The highest BCUT2D eigenvalue weighted by Gasteiger charge is 2.22. The van der Waals surface area contributed by atoms with E-state index in [1.54, 1.807) is 6.20 Å². The Bertz CT molecular complexity index is 361. The second-order valence-corrected chi connectivity index (χ2v) is 5.39. The molecule has 3 nitrogen and oxygen atoms in total. The predicted octanol–water partition coefficient (Wildman–Crippen LogP) is 3.45. The molecule has 1 saturated carbocycles. The molecule has 0 spiro atoms. The van der Waals surface area contributed by atoms with Crippen LogP contribution >= 0.6 is 0 Å². The first kappa shape index (κ1) is 13.3. The van der Waals surface area contributed by atoms with Gasteiger partial charge >= 0.3 is 0 Å². The third kappa shape index (κ3) is 3.45. The lowest BCUT2D eigenvalue weighted by Gasteiger charge is -2.28. The molecule has 1 fully saturated rings. The van der Waals surface area contributed by atoms with Crippen LogP contribution in [0.4, 0.5) is 0 Å². The van der Waals surface area contributed by atoms with Gasteiger partial charge in [-0.1, -0.05) is 19.8 Å². The van der Waals surface area contributed by atoms with Crippen molar-refractivity contribution in [1.29, 1.82) is 0 Å². The molecule has 2 rings (SSSR count). The van der Waals surface area contributed by atoms with Crippen molar-refractivity contribution in [2.75, 3.05) is 0 Å². The van der Waals surface area contributed by atoms with Crippen LogP contribution in [0.3, 0.4) is 0 Å². The van der Waals surface area contributed by atoms with Crippen LogP contribution in [0.5, 0.6) is 5.75 Å². The van der Waals surface area contributed by atoms with Crippen molar-refractivity contribution in [2.45, 2.75) is 58.1 Å². The van der Waals surface area contributed by atoms with Crippen LogP contribution in [-0.2, 0) is 0 Å². The Labute approximate surface area is 110 Å². The molecule has 3 atom stereocenters. The summed E-state index contributed by atoms with van der Waals surface area (Å²) in [7, 11) is 0. The molecule has 3 heteroatoms. The van der Waals surface area contributed by atoms with E-state index in [1.165, 1.54) is 32.1 Å². The highest BCUT2D eigenvalue weighted by Crippen LogP contribution is 2.29. The Morgan fingerprint density at radius 2 is 2.28 bits per heavy atom. The van der Waals surface area contributed by atoms with Crippen LogP contribution in [0.2, 0.25) is 0 Å². The van der Waals surface area contributed by atoms with Gasteiger partial charge in [-0.25, -0.2) is 0 Å². The SMILES string of the molecule is CCC1CCCC(Oc2ccc([C@@H](C)N)nc2)C1. The van der Waals surface area contributed by atoms with Gasteiger partial charge in [-0.3, -0.25) is 4.98 Å². The van der Waals surface area contributed by atoms with Gasteiger partial charge in [0.2, 0.25) is 0 Å². The quantitative estimate of drug-likeness (QED) is 0.887. The van der Waals surface area contributed by atoms with E-state index in [2.05, 4.69) is 11.9 Å². The van der Waals surface area contributed by atoms with Gasteiger partial charge in [-0.15, -0.1) is 0 Å². The summed E-state index contributed by atoms with van der Waals surface area (Å²) < 4.78 is 6.02. The number of nitrogens with two attached hydrogens (primary N) is 1. The monoisotopic (exact) mass is 248 g/mol. The second kappa shape index (κ2) is 6.19. The normalized spacial score (nSPS) is 25.7. The number of hydrogen-bond donors (Lipinski definition) is 1. The molecule has 2 N–H and O–H groups in total. The summed E-state index contributed by atoms with van der Waals surface area (Å²) >= 11 is 0. The Morgan fingerprint density at radius 1 is 1.44 bits per heavy atom. The lowest BCUT2D eigenvalue weighted by molar-refractivity contribution is 0.121. The highest BCUT2D eigenvalue weighted by atomic mass is 16.5. The lowest BCUT2D eigenvalue weighted by Crippen LogP contribution is -2.25. The Morgan fingerprint density at radius 3 is 2.89 bits per heavy atom. The van der Waals surface area contributed by atoms with Gasteiger partial charge in [-0.2, -0.15) is 0 Å². The van der Waals surface area contributed by atoms with Crippen LogP contribution in [0.1, 0.15) is 57.7 Å². The van der Waals surface area contributed by atoms with Gasteiger partial charge in [-0.05, 0) is 44.2 Å². The molecule has 0 aliphatic heterocycles. The number of rotatable bonds is 4. The van der Waals surface area contributed by atoms with Crippen molar-refractivity contribution in [3.63, 3.8) is 0 Å². The van der Waals surface area contributed by atoms with Crippen molar-refractivity contribution >= 4 is 0 Å². The van der Waals surface area contributed by atoms with Crippen LogP contribution in [0.25, 0.3) is 0 Å². The van der Waals surface area contributed by atoms with Crippen LogP contribution in [0, 0.1) is 5.92 Å². The predicted molar refractivity (Wildman–Crippen MR) is 73.5 cm³/mol. The van der Waals surface area contributed by atoms with E-state index in [9.17, 15) is 0 Å². The van der Waals surface area contributed by atoms with Gasteiger partial charge in [0.15, 0.2) is 0 Å². The Kier molecular flexibility index (Phi) is 4.59. The van der Waals surface area contributed by atoms with Crippen molar-refractivity contribution < 1.29 is 4.74 Å². The number of nitrogens with zero attached hydrogens (tertiary/aromatic N) is 1. The minimum atomic E-state index is -0.0156. The van der Waals surface area contributed by atoms with E-state index in [0.717, 1.165) is 17.4 Å². The Balaban J connectivity index is 1.92. The maximum Gasteiger partial charge on any atom is 0.138 e. The van der Waals surface area contributed by atoms with E-state index in [4.69, 9.17) is 10.5 Å². The van der Waals surface area contributed by atoms with Gasteiger partial charge in [0, 0.05) is 6.04 Å². The standard InChI is InChI=1S/C15H24N2O/c1-3-12-5-4-6-13(9-12)18-14-7-8-15(11(2)16)17-10-14/h7-8,10-13H,3-6,9,16H2,1-2H3/t11-,12?,13?/m1/s1. The van der Waals surface area contributed by atoms with Gasteiger partial charge in [0.25, 0.3) is 0 Å². The number of ether oxygens (including phenoxy) is 1. The third-order valence-electron chi connectivity index (χ3n) is 3.84. The molecule has 0 radical (unpaired) electrons. The first-order valence-electron chi connectivity index (χ1n) is 7.07. The van der Waals surface area contributed by atoms with Gasteiger partial charge in [0.05, 0.1) is 18.0 Å². The summed E-state index contributed by atoms with van der Waals surface area (Å²) in [6.45, 7) is 4.21. The van der Waals surface area contributed by atoms with E-state index in [1.807, 2.05) is 19.1 Å². The minimum absolute atomic E-state index is 0.0156. The average molecular weight is 248 g/mol. The zero-order valence-electron chi connectivity index (χ0n) is 11.4. The number of aromatic nitrogens is 1. The summed E-state index contributed by atoms with van der Waals surface area (Å²) in [5.74, 6) is 1.71. The highest BCUT2D eigenvalue weighted by molar-refractivity contribution is 5.21. The van der Waals surface area contributed by atoms with Crippen molar-refractivity contribution in [2.24, 2.45) is 11.7 Å². The summed E-state index contributed by atoms with van der Waals surface area (Å²) in [5, 5.41) is 0. The molecule has 0 bridgehead atoms. The molecule has 1 aliphatic rings. The fraction of sp³-hybridized carbons (Fsp3) is 0.667. The molecule has 1 heterocycles. The molecule has 0 saturated heterocycles. The van der Waals surface area contributed by atoms with E-state index in [0.29, 0.717) is 6.10 Å². The lowest BCUT2D eigenvalue weighted by atomic mass is 9.85. The molecule has 100 valence electrons. The average Bonchev–Trinajstić information content (AvgIpc) is 2.39. The molecule has 1 aromatic rings. The summed E-state index contributed by atoms with van der Waals surface area (Å²) in [6, 6.07) is 3.93. The van der Waals surface area contributed by atoms with Crippen LogP contribution < -0.4 is 10.5 Å². The fourth-order valence-electron chi connectivity index (χ4n) is 2.64. The summed E-state index contributed by atoms with van der Waals surface area (Å²) in [4.78, 5) is 4.33.